The molecule has 0 amide bonds. The summed E-state index contributed by atoms with van der Waals surface area (Å²) in [4.78, 5) is 16.4. The molecule has 2 aromatic rings. The van der Waals surface area contributed by atoms with Crippen molar-refractivity contribution in [3.63, 3.8) is 0 Å². The summed E-state index contributed by atoms with van der Waals surface area (Å²) < 4.78 is 11.3. The van der Waals surface area contributed by atoms with Crippen LogP contribution in [0.2, 0.25) is 0 Å². The predicted octanol–water partition coefficient (Wildman–Crippen LogP) is 1.92. The minimum absolute atomic E-state index is 0.101. The molecule has 2 unspecified atom stereocenters. The molecule has 0 radical (unpaired) electrons. The molecule has 8 nitrogen and oxygen atoms in total. The Labute approximate surface area is 176 Å². The van der Waals surface area contributed by atoms with Crippen molar-refractivity contribution in [3.8, 4) is 11.5 Å². The third-order valence-electron chi connectivity index (χ3n) is 5.12. The summed E-state index contributed by atoms with van der Waals surface area (Å²) in [6.45, 7) is 5.38. The molecule has 1 saturated heterocycles. The van der Waals surface area contributed by atoms with Gasteiger partial charge in [0.1, 0.15) is 23.3 Å². The summed E-state index contributed by atoms with van der Waals surface area (Å²) in [6, 6.07) is 9.67. The van der Waals surface area contributed by atoms with Gasteiger partial charge in [0, 0.05) is 12.2 Å². The highest BCUT2D eigenvalue weighted by molar-refractivity contribution is 5.88. The second kappa shape index (κ2) is 9.88. The van der Waals surface area contributed by atoms with E-state index in [1.54, 1.807) is 38.1 Å². The van der Waals surface area contributed by atoms with Crippen LogP contribution in [0.25, 0.3) is 0 Å². The van der Waals surface area contributed by atoms with E-state index >= 15 is 0 Å². The van der Waals surface area contributed by atoms with E-state index in [-0.39, 0.29) is 18.4 Å². The summed E-state index contributed by atoms with van der Waals surface area (Å²) in [7, 11) is 0. The Balaban J connectivity index is 1.97. The highest BCUT2D eigenvalue weighted by atomic mass is 16.5. The number of rotatable bonds is 8. The smallest absolute Gasteiger partial charge is 0.339 e. The first kappa shape index (κ1) is 22.0. The normalized spacial score (nSPS) is 17.7. The zero-order valence-electron chi connectivity index (χ0n) is 17.3. The number of nitrogens with one attached hydrogen (secondary N) is 2. The van der Waals surface area contributed by atoms with Gasteiger partial charge in [-0.15, -0.1) is 0 Å². The number of ether oxygens (including phenoxy) is 2. The van der Waals surface area contributed by atoms with E-state index in [9.17, 15) is 15.0 Å². The maximum absolute atomic E-state index is 12.0. The second-order valence-electron chi connectivity index (χ2n) is 7.33. The van der Waals surface area contributed by atoms with Crippen LogP contribution in [0.1, 0.15) is 42.7 Å². The monoisotopic (exact) mass is 415 g/mol. The number of aromatic nitrogens is 1. The van der Waals surface area contributed by atoms with Gasteiger partial charge in [-0.2, -0.15) is 0 Å². The van der Waals surface area contributed by atoms with Crippen LogP contribution in [0.5, 0.6) is 11.5 Å². The second-order valence-corrected chi connectivity index (χ2v) is 7.33. The number of piperidine rings is 1. The molecule has 8 heteroatoms. The van der Waals surface area contributed by atoms with Crippen LogP contribution < -0.4 is 15.4 Å². The van der Waals surface area contributed by atoms with Gasteiger partial charge in [-0.1, -0.05) is 0 Å². The summed E-state index contributed by atoms with van der Waals surface area (Å²) in [5.41, 5.74) is -0.574. The minimum Gasteiger partial charge on any atom is -0.508 e. The van der Waals surface area contributed by atoms with E-state index in [0.717, 1.165) is 25.9 Å². The number of esters is 1. The van der Waals surface area contributed by atoms with Crippen molar-refractivity contribution >= 4 is 5.97 Å². The maximum Gasteiger partial charge on any atom is 0.339 e. The summed E-state index contributed by atoms with van der Waals surface area (Å²) in [5.74, 6) is 0.129. The van der Waals surface area contributed by atoms with Gasteiger partial charge in [0.2, 0.25) is 5.72 Å². The third-order valence-corrected chi connectivity index (χ3v) is 5.12. The molecule has 2 heterocycles. The molecule has 1 aliphatic rings. The number of hydrogen-bond donors (Lipinski definition) is 4. The van der Waals surface area contributed by atoms with Crippen LogP contribution in [0.3, 0.4) is 0 Å². The van der Waals surface area contributed by atoms with Gasteiger partial charge in [0.25, 0.3) is 0 Å². The van der Waals surface area contributed by atoms with Gasteiger partial charge in [0.05, 0.1) is 12.2 Å². The van der Waals surface area contributed by atoms with Crippen molar-refractivity contribution in [3.05, 3.63) is 53.9 Å². The van der Waals surface area contributed by atoms with Crippen molar-refractivity contribution < 1.29 is 24.5 Å². The Bertz CT molecular complexity index is 820. The molecule has 3 rings (SSSR count). The van der Waals surface area contributed by atoms with E-state index in [4.69, 9.17) is 9.47 Å². The van der Waals surface area contributed by atoms with Crippen LogP contribution in [-0.4, -0.2) is 53.0 Å². The largest absolute Gasteiger partial charge is 0.508 e. The molecule has 0 spiro atoms. The molecule has 0 saturated carbocycles. The summed E-state index contributed by atoms with van der Waals surface area (Å²) >= 11 is 0. The Kier molecular flexibility index (Phi) is 7.25. The van der Waals surface area contributed by atoms with Crippen molar-refractivity contribution in [2.75, 3.05) is 19.7 Å². The van der Waals surface area contributed by atoms with E-state index < -0.39 is 17.8 Å². The highest BCUT2D eigenvalue weighted by Crippen LogP contribution is 2.31. The van der Waals surface area contributed by atoms with Gasteiger partial charge in [-0.05, 0) is 76.2 Å². The molecule has 2 atom stereocenters. The van der Waals surface area contributed by atoms with E-state index in [0.29, 0.717) is 17.0 Å². The average molecular weight is 415 g/mol. The third kappa shape index (κ3) is 5.08. The lowest BCUT2D eigenvalue weighted by Crippen LogP contribution is -2.60. The quantitative estimate of drug-likeness (QED) is 0.382. The first-order chi connectivity index (χ1) is 14.4. The molecule has 0 aliphatic carbocycles. The van der Waals surface area contributed by atoms with Gasteiger partial charge in [-0.25, -0.2) is 4.79 Å². The SMILES string of the molecule is CCOC(=O)c1ccc(C(NC2CCNCC2)(Oc2ccc(O)cc2)C(C)O)nc1. The lowest BCUT2D eigenvalue weighted by molar-refractivity contribution is -0.0881. The fourth-order valence-electron chi connectivity index (χ4n) is 3.49. The summed E-state index contributed by atoms with van der Waals surface area (Å²) in [5, 5.41) is 27.2. The van der Waals surface area contributed by atoms with E-state index in [2.05, 4.69) is 15.6 Å². The molecule has 1 aliphatic heterocycles. The molecular formula is C22H29N3O5. The number of aliphatic hydroxyl groups excluding tert-OH is 1. The number of phenolic OH excluding ortho intramolecular Hbond substituents is 1. The number of carbonyl (C=O) groups excluding carboxylic acids is 1. The van der Waals surface area contributed by atoms with Crippen LogP contribution in [0, 0.1) is 0 Å². The zero-order chi connectivity index (χ0) is 21.6. The van der Waals surface area contributed by atoms with Crippen molar-refractivity contribution in [2.24, 2.45) is 0 Å². The molecule has 4 N–H and O–H groups in total. The number of benzene rings is 1. The lowest BCUT2D eigenvalue weighted by Gasteiger charge is -2.41. The van der Waals surface area contributed by atoms with Gasteiger partial charge in [0.15, 0.2) is 0 Å². The topological polar surface area (TPSA) is 113 Å². The molecule has 1 aromatic carbocycles. The van der Waals surface area contributed by atoms with E-state index in [1.807, 2.05) is 0 Å². The lowest BCUT2D eigenvalue weighted by atomic mass is 9.97. The number of carbonyl (C=O) groups is 1. The van der Waals surface area contributed by atoms with Crippen molar-refractivity contribution in [1.29, 1.82) is 0 Å². The molecule has 162 valence electrons. The summed E-state index contributed by atoms with van der Waals surface area (Å²) in [6.07, 6.45) is 2.19. The molecule has 0 bridgehead atoms. The van der Waals surface area contributed by atoms with E-state index in [1.165, 1.54) is 18.3 Å². The predicted molar refractivity (Wildman–Crippen MR) is 111 cm³/mol. The van der Waals surface area contributed by atoms with Crippen molar-refractivity contribution in [1.82, 2.24) is 15.6 Å². The van der Waals surface area contributed by atoms with Crippen LogP contribution in [0.15, 0.2) is 42.6 Å². The Morgan fingerprint density at radius 1 is 1.27 bits per heavy atom. The minimum atomic E-state index is -1.34. The Morgan fingerprint density at radius 3 is 2.53 bits per heavy atom. The highest BCUT2D eigenvalue weighted by Gasteiger charge is 2.43. The van der Waals surface area contributed by atoms with Gasteiger partial charge in [-0.3, -0.25) is 10.3 Å². The standard InChI is InChI=1S/C22H29N3O5/c1-3-29-21(28)16-4-9-20(24-14-16)22(15(2)26,25-17-10-12-23-13-11-17)30-19-7-5-18(27)6-8-19/h4-9,14-15,17,23,25-27H,3,10-13H2,1-2H3. The fraction of sp³-hybridized carbons (Fsp3) is 0.455. The number of phenols is 1. The first-order valence-corrected chi connectivity index (χ1v) is 10.2. The zero-order valence-corrected chi connectivity index (χ0v) is 17.3. The molecule has 1 aromatic heterocycles. The maximum atomic E-state index is 12.0. The average Bonchev–Trinajstić information content (AvgIpc) is 2.75. The number of aromatic hydroxyl groups is 1. The number of hydrogen-bond acceptors (Lipinski definition) is 8. The Hall–Kier alpha value is -2.68. The fourth-order valence-corrected chi connectivity index (χ4v) is 3.49. The van der Waals surface area contributed by atoms with Crippen LogP contribution in [0.4, 0.5) is 0 Å². The number of pyridine rings is 1. The van der Waals surface area contributed by atoms with Crippen molar-refractivity contribution in [2.45, 2.75) is 44.6 Å². The molecule has 30 heavy (non-hydrogen) atoms. The number of aliphatic hydroxyl groups is 1. The Morgan fingerprint density at radius 2 is 1.97 bits per heavy atom. The molecular weight excluding hydrogens is 386 g/mol. The van der Waals surface area contributed by atoms with Gasteiger partial charge < -0.3 is 25.0 Å². The molecule has 1 fully saturated rings. The van der Waals surface area contributed by atoms with Gasteiger partial charge >= 0.3 is 5.97 Å². The van der Waals surface area contributed by atoms with Crippen LogP contribution >= 0.6 is 0 Å². The first-order valence-electron chi connectivity index (χ1n) is 10.2. The number of nitrogens with zero attached hydrogens (tertiary/aromatic N) is 1. The van der Waals surface area contributed by atoms with Crippen LogP contribution in [-0.2, 0) is 10.5 Å².